The molecule has 1 aliphatic heterocycles. The van der Waals surface area contributed by atoms with Gasteiger partial charge in [-0.1, -0.05) is 39.0 Å². The molecule has 1 saturated heterocycles. The molecule has 0 aromatic heterocycles. The quantitative estimate of drug-likeness (QED) is 0.667. The van der Waals surface area contributed by atoms with E-state index in [1.165, 1.54) is 28.2 Å². The summed E-state index contributed by atoms with van der Waals surface area (Å²) in [6, 6.07) is 13.7. The number of ether oxygens (including phenoxy) is 2. The van der Waals surface area contributed by atoms with Crippen LogP contribution in [0.15, 0.2) is 53.4 Å². The molecular formula is C22H28N2O5S2. The molecule has 7 nitrogen and oxygen atoms in total. The first-order valence-corrected chi connectivity index (χ1v) is 12.5. The molecular weight excluding hydrogens is 436 g/mol. The molecule has 2 aromatic carbocycles. The number of anilines is 1. The van der Waals surface area contributed by atoms with Gasteiger partial charge in [-0.25, -0.2) is 8.42 Å². The van der Waals surface area contributed by atoms with Gasteiger partial charge in [0.1, 0.15) is 5.75 Å². The first-order chi connectivity index (χ1) is 14.6. The van der Waals surface area contributed by atoms with Crippen molar-refractivity contribution < 1.29 is 22.7 Å². The van der Waals surface area contributed by atoms with Gasteiger partial charge in [0.05, 0.1) is 29.5 Å². The van der Waals surface area contributed by atoms with Crippen molar-refractivity contribution in [2.75, 3.05) is 37.4 Å². The van der Waals surface area contributed by atoms with Gasteiger partial charge in [0, 0.05) is 17.8 Å². The number of carbonyl (C=O) groups excluding carboxylic acids is 1. The molecule has 0 unspecified atom stereocenters. The summed E-state index contributed by atoms with van der Waals surface area (Å²) in [5.74, 6) is 0.986. The molecule has 3 rings (SSSR count). The van der Waals surface area contributed by atoms with Crippen LogP contribution >= 0.6 is 11.8 Å². The van der Waals surface area contributed by atoms with Crippen molar-refractivity contribution in [2.45, 2.75) is 30.4 Å². The van der Waals surface area contributed by atoms with Crippen LogP contribution in [0.2, 0.25) is 0 Å². The zero-order valence-corrected chi connectivity index (χ0v) is 19.6. The average molecular weight is 465 g/mol. The van der Waals surface area contributed by atoms with E-state index in [1.54, 1.807) is 18.2 Å². The normalized spacial score (nSPS) is 15.5. The lowest BCUT2D eigenvalue weighted by molar-refractivity contribution is -0.113. The van der Waals surface area contributed by atoms with Crippen molar-refractivity contribution in [1.29, 1.82) is 0 Å². The van der Waals surface area contributed by atoms with E-state index in [4.69, 9.17) is 9.47 Å². The molecule has 0 radical (unpaired) electrons. The summed E-state index contributed by atoms with van der Waals surface area (Å²) < 4.78 is 38.6. The average Bonchev–Trinajstić information content (AvgIpc) is 2.74. The first kappa shape index (κ1) is 23.6. The van der Waals surface area contributed by atoms with Crippen LogP contribution in [0.4, 0.5) is 5.69 Å². The van der Waals surface area contributed by atoms with Crippen LogP contribution in [0.3, 0.4) is 0 Å². The Morgan fingerprint density at radius 3 is 2.45 bits per heavy atom. The standard InChI is InChI=1S/C22H28N2O5S2/c1-22(2,3)30-16-21(25)23-19-15-18(31(26,27)24-11-13-28-14-12-24)9-10-20(19)29-17-7-5-4-6-8-17/h4-10,15H,11-14,16H2,1-3H3,(H,23,25). The van der Waals surface area contributed by atoms with Crippen LogP contribution in [0, 0.1) is 0 Å². The fraction of sp³-hybridized carbons (Fsp3) is 0.409. The summed E-state index contributed by atoms with van der Waals surface area (Å²) in [6.07, 6.45) is 0. The Hall–Kier alpha value is -2.07. The number of benzene rings is 2. The van der Waals surface area contributed by atoms with E-state index >= 15 is 0 Å². The fourth-order valence-corrected chi connectivity index (χ4v) is 4.95. The van der Waals surface area contributed by atoms with Crippen LogP contribution in [0.5, 0.6) is 11.5 Å². The van der Waals surface area contributed by atoms with E-state index in [0.29, 0.717) is 43.5 Å². The van der Waals surface area contributed by atoms with Crippen molar-refractivity contribution >= 4 is 33.4 Å². The minimum atomic E-state index is -3.70. The number of nitrogens with one attached hydrogen (secondary N) is 1. The number of hydrogen-bond donors (Lipinski definition) is 1. The van der Waals surface area contributed by atoms with E-state index in [0.717, 1.165) is 0 Å². The molecule has 1 heterocycles. The molecule has 0 bridgehead atoms. The predicted molar refractivity (Wildman–Crippen MR) is 123 cm³/mol. The first-order valence-electron chi connectivity index (χ1n) is 10.0. The lowest BCUT2D eigenvalue weighted by Gasteiger charge is -2.26. The summed E-state index contributed by atoms with van der Waals surface area (Å²) in [5, 5.41) is 2.83. The van der Waals surface area contributed by atoms with E-state index in [2.05, 4.69) is 5.32 Å². The van der Waals surface area contributed by atoms with E-state index in [9.17, 15) is 13.2 Å². The number of morpholine rings is 1. The SMILES string of the molecule is CC(C)(C)SCC(=O)Nc1cc(S(=O)(=O)N2CCOCC2)ccc1Oc1ccccc1. The summed E-state index contributed by atoms with van der Waals surface area (Å²) in [7, 11) is -3.70. The molecule has 0 atom stereocenters. The van der Waals surface area contributed by atoms with Gasteiger partial charge in [-0.15, -0.1) is 11.8 Å². The maximum Gasteiger partial charge on any atom is 0.243 e. The highest BCUT2D eigenvalue weighted by Gasteiger charge is 2.27. The number of nitrogens with zero attached hydrogens (tertiary/aromatic N) is 1. The van der Waals surface area contributed by atoms with Crippen molar-refractivity contribution in [3.8, 4) is 11.5 Å². The molecule has 0 aliphatic carbocycles. The highest BCUT2D eigenvalue weighted by molar-refractivity contribution is 8.01. The number of carbonyl (C=O) groups is 1. The summed E-state index contributed by atoms with van der Waals surface area (Å²) >= 11 is 1.51. The Bertz CT molecular complexity index is 998. The minimum Gasteiger partial charge on any atom is -0.455 e. The summed E-state index contributed by atoms with van der Waals surface area (Å²) in [5.41, 5.74) is 0.317. The number of rotatable bonds is 7. The van der Waals surface area contributed by atoms with Gasteiger partial charge in [0.2, 0.25) is 15.9 Å². The lowest BCUT2D eigenvalue weighted by Crippen LogP contribution is -2.40. The van der Waals surface area contributed by atoms with Gasteiger partial charge >= 0.3 is 0 Å². The van der Waals surface area contributed by atoms with Gasteiger partial charge < -0.3 is 14.8 Å². The van der Waals surface area contributed by atoms with Gasteiger partial charge in [-0.3, -0.25) is 4.79 Å². The van der Waals surface area contributed by atoms with Crippen LogP contribution in [0.1, 0.15) is 20.8 Å². The Labute approximate surface area is 188 Å². The Morgan fingerprint density at radius 1 is 1.13 bits per heavy atom. The third-order valence-electron chi connectivity index (χ3n) is 4.44. The number of thioether (sulfide) groups is 1. The third kappa shape index (κ3) is 6.70. The monoisotopic (exact) mass is 464 g/mol. The van der Waals surface area contributed by atoms with Crippen molar-refractivity contribution in [1.82, 2.24) is 4.31 Å². The highest BCUT2D eigenvalue weighted by atomic mass is 32.2. The lowest BCUT2D eigenvalue weighted by atomic mass is 10.2. The molecule has 0 saturated carbocycles. The smallest absolute Gasteiger partial charge is 0.243 e. The Kier molecular flexibility index (Phi) is 7.64. The van der Waals surface area contributed by atoms with Crippen molar-refractivity contribution in [2.24, 2.45) is 0 Å². The number of para-hydroxylation sites is 1. The van der Waals surface area contributed by atoms with Crippen molar-refractivity contribution in [3.05, 3.63) is 48.5 Å². The number of sulfonamides is 1. The second-order valence-electron chi connectivity index (χ2n) is 8.04. The van der Waals surface area contributed by atoms with Gasteiger partial charge in [0.15, 0.2) is 5.75 Å². The number of amides is 1. The third-order valence-corrected chi connectivity index (χ3v) is 7.61. The van der Waals surface area contributed by atoms with Crippen LogP contribution in [0.25, 0.3) is 0 Å². The van der Waals surface area contributed by atoms with Gasteiger partial charge in [-0.2, -0.15) is 4.31 Å². The second-order valence-corrected chi connectivity index (χ2v) is 11.8. The molecule has 1 N–H and O–H groups in total. The largest absolute Gasteiger partial charge is 0.455 e. The Balaban J connectivity index is 1.89. The molecule has 1 amide bonds. The molecule has 0 spiro atoms. The van der Waals surface area contributed by atoms with Gasteiger partial charge in [-0.05, 0) is 30.3 Å². The molecule has 168 valence electrons. The van der Waals surface area contributed by atoms with E-state index in [-0.39, 0.29) is 21.3 Å². The predicted octanol–water partition coefficient (Wildman–Crippen LogP) is 3.97. The maximum atomic E-state index is 13.1. The molecule has 2 aromatic rings. The second kappa shape index (κ2) is 10.0. The van der Waals surface area contributed by atoms with Gasteiger partial charge in [0.25, 0.3) is 0 Å². The van der Waals surface area contributed by atoms with E-state index in [1.807, 2.05) is 39.0 Å². The molecule has 9 heteroatoms. The zero-order chi connectivity index (χ0) is 22.5. The molecule has 31 heavy (non-hydrogen) atoms. The maximum absolute atomic E-state index is 13.1. The highest BCUT2D eigenvalue weighted by Crippen LogP contribution is 2.33. The van der Waals surface area contributed by atoms with Crippen molar-refractivity contribution in [3.63, 3.8) is 0 Å². The molecule has 1 aliphatic rings. The zero-order valence-electron chi connectivity index (χ0n) is 18.0. The minimum absolute atomic E-state index is 0.0672. The molecule has 1 fully saturated rings. The van der Waals surface area contributed by atoms with Crippen LogP contribution in [-0.2, 0) is 19.6 Å². The van der Waals surface area contributed by atoms with Crippen LogP contribution < -0.4 is 10.1 Å². The topological polar surface area (TPSA) is 84.9 Å². The fourth-order valence-electron chi connectivity index (χ4n) is 2.88. The Morgan fingerprint density at radius 2 is 1.81 bits per heavy atom. The van der Waals surface area contributed by atoms with E-state index < -0.39 is 10.0 Å². The summed E-state index contributed by atoms with van der Waals surface area (Å²) in [4.78, 5) is 12.7. The number of hydrogen-bond acceptors (Lipinski definition) is 6. The van der Waals surface area contributed by atoms with Crippen LogP contribution in [-0.4, -0.2) is 55.4 Å². The summed E-state index contributed by atoms with van der Waals surface area (Å²) in [6.45, 7) is 7.42.